The number of aliphatic hydroxyl groups excluding tert-OH is 1. The van der Waals surface area contributed by atoms with Crippen molar-refractivity contribution in [2.24, 2.45) is 7.05 Å². The van der Waals surface area contributed by atoms with E-state index < -0.39 is 0 Å². The van der Waals surface area contributed by atoms with E-state index in [2.05, 4.69) is 47.0 Å². The zero-order chi connectivity index (χ0) is 27.0. The van der Waals surface area contributed by atoms with Crippen molar-refractivity contribution >= 4 is 23.1 Å². The summed E-state index contributed by atoms with van der Waals surface area (Å²) < 4.78 is 16.2. The molecule has 0 unspecified atom stereocenters. The highest BCUT2D eigenvalue weighted by molar-refractivity contribution is 5.93. The average molecular weight is 520 g/mol. The predicted octanol–water partition coefficient (Wildman–Crippen LogP) is 4.10. The number of benzene rings is 1. The van der Waals surface area contributed by atoms with Gasteiger partial charge in [0.15, 0.2) is 0 Å². The van der Waals surface area contributed by atoms with E-state index in [1.54, 1.807) is 4.68 Å². The molecule has 202 valence electrons. The van der Waals surface area contributed by atoms with Gasteiger partial charge in [-0.25, -0.2) is 4.68 Å². The average Bonchev–Trinajstić information content (AvgIpc) is 3.54. The summed E-state index contributed by atoms with van der Waals surface area (Å²) in [5.41, 5.74) is 5.59. The van der Waals surface area contributed by atoms with Gasteiger partial charge in [0.25, 0.3) is 0 Å². The molecule has 3 aromatic heterocycles. The van der Waals surface area contributed by atoms with Crippen LogP contribution in [0.25, 0.3) is 34.2 Å². The lowest BCUT2D eigenvalue weighted by molar-refractivity contribution is 0.102. The Bertz CT molecular complexity index is 1450. The maximum Gasteiger partial charge on any atom is 0.240 e. The lowest BCUT2D eigenvalue weighted by Gasteiger charge is -2.33. The minimum atomic E-state index is -0.0437. The number of aryl methyl sites for hydroxylation is 1. The van der Waals surface area contributed by atoms with Crippen molar-refractivity contribution in [3.8, 4) is 22.9 Å². The predicted molar refractivity (Wildman–Crippen MR) is 148 cm³/mol. The zero-order valence-electron chi connectivity index (χ0n) is 23.0. The van der Waals surface area contributed by atoms with E-state index in [4.69, 9.17) is 14.6 Å². The van der Waals surface area contributed by atoms with E-state index in [1.165, 1.54) is 0 Å². The second-order valence-electron chi connectivity index (χ2n) is 10.4. The fourth-order valence-corrected chi connectivity index (χ4v) is 5.01. The molecule has 1 atom stereocenters. The Balaban J connectivity index is 1.71. The maximum absolute atomic E-state index is 9.82. The summed E-state index contributed by atoms with van der Waals surface area (Å²) >= 11 is 0. The van der Waals surface area contributed by atoms with Crippen LogP contribution >= 0.6 is 0 Å². The second-order valence-corrected chi connectivity index (χ2v) is 10.4. The van der Waals surface area contributed by atoms with Crippen molar-refractivity contribution < 1.29 is 14.6 Å². The number of nitrogens with zero attached hydrogens (tertiary/aromatic N) is 6. The standard InChI is InChI=1S/C28H37N7O3/c1-17(2)34-15-26-21(27(38-18(3)4)32-35(26)11-12-36)8-10-25-22-13-20(7-9-24(22)30-31-25)23-14-29-33(6)28(23)37-16-19(34)5/h7-10,13-14,17-19,36H,11-12,15-16H2,1-6H3,(H,30,31)/b10-8+/t19-/m0/s1. The molecule has 0 spiro atoms. The number of hydrogen-bond donors (Lipinski definition) is 2. The van der Waals surface area contributed by atoms with Crippen molar-refractivity contribution in [1.29, 1.82) is 0 Å². The van der Waals surface area contributed by atoms with Crippen LogP contribution in [-0.4, -0.2) is 71.2 Å². The molecule has 0 saturated carbocycles. The quantitative estimate of drug-likeness (QED) is 0.409. The van der Waals surface area contributed by atoms with Gasteiger partial charge in [-0.15, -0.1) is 5.10 Å². The van der Waals surface area contributed by atoms with E-state index in [-0.39, 0.29) is 24.8 Å². The molecule has 1 aliphatic rings. The van der Waals surface area contributed by atoms with Crippen molar-refractivity contribution in [2.45, 2.75) is 65.9 Å². The number of nitrogens with one attached hydrogen (secondary N) is 1. The molecule has 4 aromatic rings. The second kappa shape index (κ2) is 10.6. The summed E-state index contributed by atoms with van der Waals surface area (Å²) in [5, 5.41) is 27.8. The highest BCUT2D eigenvalue weighted by Crippen LogP contribution is 2.34. The van der Waals surface area contributed by atoms with Gasteiger partial charge in [-0.1, -0.05) is 6.07 Å². The van der Waals surface area contributed by atoms with Crippen LogP contribution in [-0.2, 0) is 20.1 Å². The van der Waals surface area contributed by atoms with E-state index in [9.17, 15) is 5.11 Å². The minimum absolute atomic E-state index is 0.0173. The van der Waals surface area contributed by atoms with Crippen LogP contribution in [0.2, 0.25) is 0 Å². The van der Waals surface area contributed by atoms with Gasteiger partial charge in [0.05, 0.1) is 53.5 Å². The summed E-state index contributed by atoms with van der Waals surface area (Å²) in [6.07, 6.45) is 5.88. The van der Waals surface area contributed by atoms with Gasteiger partial charge in [0.2, 0.25) is 11.8 Å². The molecule has 0 amide bonds. The molecule has 2 N–H and O–H groups in total. The summed E-state index contributed by atoms with van der Waals surface area (Å²) in [6.45, 7) is 12.0. The highest BCUT2D eigenvalue weighted by Gasteiger charge is 2.26. The first kappa shape index (κ1) is 26.0. The third-order valence-electron chi connectivity index (χ3n) is 6.94. The Morgan fingerprint density at radius 3 is 2.76 bits per heavy atom. The third-order valence-corrected chi connectivity index (χ3v) is 6.94. The normalized spacial score (nSPS) is 17.3. The Kier molecular flexibility index (Phi) is 7.27. The van der Waals surface area contributed by atoms with Crippen LogP contribution in [0.1, 0.15) is 51.6 Å². The number of aromatic nitrogens is 6. The number of hydrogen-bond acceptors (Lipinski definition) is 7. The first-order chi connectivity index (χ1) is 18.3. The number of aromatic amines is 1. The summed E-state index contributed by atoms with van der Waals surface area (Å²) in [7, 11) is 1.90. The van der Waals surface area contributed by atoms with Crippen molar-refractivity contribution in [3.05, 3.63) is 41.3 Å². The number of ether oxygens (including phenoxy) is 2. The molecule has 4 heterocycles. The summed E-state index contributed by atoms with van der Waals surface area (Å²) in [5.74, 6) is 1.29. The fourth-order valence-electron chi connectivity index (χ4n) is 5.01. The van der Waals surface area contributed by atoms with E-state index in [1.807, 2.05) is 56.1 Å². The third kappa shape index (κ3) is 4.93. The molecule has 0 radical (unpaired) electrons. The summed E-state index contributed by atoms with van der Waals surface area (Å²) in [6, 6.07) is 6.50. The van der Waals surface area contributed by atoms with Crippen LogP contribution in [0, 0.1) is 0 Å². The van der Waals surface area contributed by atoms with Gasteiger partial charge >= 0.3 is 0 Å². The monoisotopic (exact) mass is 519 g/mol. The molecule has 1 aliphatic heterocycles. The van der Waals surface area contributed by atoms with Crippen molar-refractivity contribution in [1.82, 2.24) is 34.7 Å². The van der Waals surface area contributed by atoms with Gasteiger partial charge in [0, 0.05) is 31.1 Å². The van der Waals surface area contributed by atoms with Crippen molar-refractivity contribution in [2.75, 3.05) is 13.2 Å². The van der Waals surface area contributed by atoms with Crippen LogP contribution in [0.15, 0.2) is 24.4 Å². The minimum Gasteiger partial charge on any atom is -0.476 e. The molecule has 10 nitrogen and oxygen atoms in total. The van der Waals surface area contributed by atoms with Gasteiger partial charge in [-0.05, 0) is 64.5 Å². The Labute approximate surface area is 222 Å². The Hall–Kier alpha value is -3.63. The van der Waals surface area contributed by atoms with Crippen LogP contribution in [0.5, 0.6) is 11.8 Å². The number of fused-ring (bicyclic) bond motifs is 4. The molecule has 2 bridgehead atoms. The molecular formula is C28H37N7O3. The number of rotatable bonds is 5. The van der Waals surface area contributed by atoms with Gasteiger partial charge in [-0.3, -0.25) is 14.7 Å². The largest absolute Gasteiger partial charge is 0.476 e. The summed E-state index contributed by atoms with van der Waals surface area (Å²) in [4.78, 5) is 2.38. The molecule has 0 saturated heterocycles. The van der Waals surface area contributed by atoms with Crippen LogP contribution < -0.4 is 9.47 Å². The molecule has 38 heavy (non-hydrogen) atoms. The number of aliphatic hydroxyl groups is 1. The topological polar surface area (TPSA) is 106 Å². The highest BCUT2D eigenvalue weighted by atomic mass is 16.5. The molecule has 1 aromatic carbocycles. The van der Waals surface area contributed by atoms with Crippen molar-refractivity contribution in [3.63, 3.8) is 0 Å². The molecule has 0 fully saturated rings. The first-order valence-electron chi connectivity index (χ1n) is 13.2. The lowest BCUT2D eigenvalue weighted by Crippen LogP contribution is -2.42. The van der Waals surface area contributed by atoms with E-state index >= 15 is 0 Å². The molecular weight excluding hydrogens is 482 g/mol. The smallest absolute Gasteiger partial charge is 0.240 e. The fraction of sp³-hybridized carbons (Fsp3) is 0.464. The lowest BCUT2D eigenvalue weighted by atomic mass is 10.1. The van der Waals surface area contributed by atoms with Crippen LogP contribution in [0.3, 0.4) is 0 Å². The van der Waals surface area contributed by atoms with Gasteiger partial charge < -0.3 is 14.6 Å². The molecule has 10 heteroatoms. The Morgan fingerprint density at radius 1 is 1.21 bits per heavy atom. The van der Waals surface area contributed by atoms with Gasteiger partial charge in [0.1, 0.15) is 6.61 Å². The van der Waals surface area contributed by atoms with E-state index in [0.29, 0.717) is 25.6 Å². The maximum atomic E-state index is 9.82. The number of H-pyrrole nitrogens is 1. The molecule has 5 rings (SSSR count). The van der Waals surface area contributed by atoms with Gasteiger partial charge in [-0.2, -0.15) is 10.2 Å². The van der Waals surface area contributed by atoms with Crippen LogP contribution in [0.4, 0.5) is 0 Å². The SMILES string of the molecule is CC(C)Oc1nn(CCO)c2c1/C=C/c1[nH]nc3ccc(cc13)-c1cnn(C)c1OC[C@H](C)N(C(C)C)C2. The Morgan fingerprint density at radius 2 is 2.03 bits per heavy atom. The first-order valence-corrected chi connectivity index (χ1v) is 13.2. The van der Waals surface area contributed by atoms with E-state index in [0.717, 1.165) is 44.9 Å². The zero-order valence-corrected chi connectivity index (χ0v) is 23.0. The molecule has 0 aliphatic carbocycles.